The van der Waals surface area contributed by atoms with Crippen molar-refractivity contribution in [3.63, 3.8) is 0 Å². The van der Waals surface area contributed by atoms with E-state index in [9.17, 15) is 14.7 Å². The Kier molecular flexibility index (Phi) is 6.68. The van der Waals surface area contributed by atoms with Crippen LogP contribution in [-0.2, 0) is 9.53 Å². The van der Waals surface area contributed by atoms with Gasteiger partial charge in [-0.05, 0) is 38.1 Å². The van der Waals surface area contributed by atoms with Gasteiger partial charge in [0.15, 0.2) is 0 Å². The minimum Gasteiger partial charge on any atom is -0.507 e. The maximum Gasteiger partial charge on any atom is 0.335 e. The van der Waals surface area contributed by atoms with Crippen molar-refractivity contribution in [1.29, 1.82) is 0 Å². The average molecular weight is 424 g/mol. The molecule has 0 amide bonds. The zero-order valence-corrected chi connectivity index (χ0v) is 17.3. The first-order valence-electron chi connectivity index (χ1n) is 9.20. The summed E-state index contributed by atoms with van der Waals surface area (Å²) in [5.41, 5.74) is 1.76. The van der Waals surface area contributed by atoms with Gasteiger partial charge in [-0.3, -0.25) is 4.79 Å². The summed E-state index contributed by atoms with van der Waals surface area (Å²) >= 11 is 1.23. The van der Waals surface area contributed by atoms with Crippen LogP contribution in [0.5, 0.6) is 5.75 Å². The molecule has 0 aromatic heterocycles. The van der Waals surface area contributed by atoms with Gasteiger partial charge in [-0.1, -0.05) is 24.3 Å². The molecule has 0 unspecified atom stereocenters. The summed E-state index contributed by atoms with van der Waals surface area (Å²) in [4.78, 5) is 23.5. The first kappa shape index (κ1) is 21.3. The Hall–Kier alpha value is -3.39. The van der Waals surface area contributed by atoms with Gasteiger partial charge in [0, 0.05) is 21.2 Å². The molecule has 0 bridgehead atoms. The monoisotopic (exact) mass is 424 g/mol. The molecule has 0 spiro atoms. The number of hydrogen-bond acceptors (Lipinski definition) is 7. The van der Waals surface area contributed by atoms with Gasteiger partial charge < -0.3 is 14.9 Å². The Morgan fingerprint density at radius 3 is 2.33 bits per heavy atom. The van der Waals surface area contributed by atoms with Crippen LogP contribution < -0.4 is 0 Å². The fourth-order valence-corrected chi connectivity index (χ4v) is 3.84. The summed E-state index contributed by atoms with van der Waals surface area (Å²) in [5.74, 6) is -1.18. The molecule has 8 heteroatoms. The Bertz CT molecular complexity index is 1130. The normalized spacial score (nSPS) is 11.1. The second kappa shape index (κ2) is 9.41. The number of carbonyl (C=O) groups is 2. The molecule has 0 heterocycles. The Morgan fingerprint density at radius 2 is 1.70 bits per heavy atom. The molecular formula is C22H20N2O5S. The molecule has 7 nitrogen and oxygen atoms in total. The minimum absolute atomic E-state index is 0.0717. The molecule has 2 N–H and O–H groups in total. The van der Waals surface area contributed by atoms with Crippen molar-refractivity contribution in [1.82, 2.24) is 0 Å². The molecule has 3 rings (SSSR count). The Labute approximate surface area is 177 Å². The van der Waals surface area contributed by atoms with Crippen LogP contribution >= 0.6 is 11.8 Å². The van der Waals surface area contributed by atoms with Crippen LogP contribution in [0.1, 0.15) is 22.8 Å². The number of aromatic carboxylic acids is 1. The zero-order chi connectivity index (χ0) is 21.7. The zero-order valence-electron chi connectivity index (χ0n) is 16.5. The van der Waals surface area contributed by atoms with Gasteiger partial charge in [-0.2, -0.15) is 5.11 Å². The number of nitrogens with zero attached hydrogens (tertiary/aromatic N) is 2. The molecule has 0 aliphatic heterocycles. The molecule has 0 radical (unpaired) electrons. The van der Waals surface area contributed by atoms with Crippen LogP contribution in [0.4, 0.5) is 11.4 Å². The average Bonchev–Trinajstić information content (AvgIpc) is 2.75. The molecule has 0 atom stereocenters. The van der Waals surface area contributed by atoms with E-state index in [4.69, 9.17) is 9.84 Å². The lowest BCUT2D eigenvalue weighted by Gasteiger charge is -2.14. The maximum atomic E-state index is 11.8. The van der Waals surface area contributed by atoms with Gasteiger partial charge in [0.25, 0.3) is 0 Å². The lowest BCUT2D eigenvalue weighted by Crippen LogP contribution is -2.06. The summed E-state index contributed by atoms with van der Waals surface area (Å²) in [7, 11) is 0. The van der Waals surface area contributed by atoms with Gasteiger partial charge in [-0.25, -0.2) is 4.79 Å². The highest BCUT2D eigenvalue weighted by Crippen LogP contribution is 2.45. The fourth-order valence-electron chi connectivity index (χ4n) is 2.89. The van der Waals surface area contributed by atoms with Crippen LogP contribution in [-0.4, -0.2) is 34.5 Å². The van der Waals surface area contributed by atoms with E-state index in [-0.39, 0.29) is 23.0 Å². The number of phenolic OH excluding ortho intramolecular Hbond substituents is 1. The molecule has 0 saturated heterocycles. The molecule has 0 aliphatic carbocycles. The van der Waals surface area contributed by atoms with Crippen LogP contribution in [0.3, 0.4) is 0 Å². The Balaban J connectivity index is 2.05. The number of fused-ring (bicyclic) bond motifs is 1. The fraction of sp³-hybridized carbons (Fsp3) is 0.182. The molecule has 3 aromatic carbocycles. The molecule has 30 heavy (non-hydrogen) atoms. The smallest absolute Gasteiger partial charge is 0.335 e. The second-order valence-corrected chi connectivity index (χ2v) is 7.33. The van der Waals surface area contributed by atoms with Crippen molar-refractivity contribution in [2.24, 2.45) is 10.2 Å². The van der Waals surface area contributed by atoms with E-state index in [1.54, 1.807) is 32.0 Å². The number of benzene rings is 3. The quantitative estimate of drug-likeness (QED) is 0.289. The molecular weight excluding hydrogens is 404 g/mol. The third kappa shape index (κ3) is 4.60. The number of ether oxygens (including phenoxy) is 1. The number of carboxylic acids is 1. The van der Waals surface area contributed by atoms with Crippen LogP contribution in [0.25, 0.3) is 10.8 Å². The number of hydrogen-bond donors (Lipinski definition) is 2. The van der Waals surface area contributed by atoms with E-state index < -0.39 is 5.97 Å². The largest absolute Gasteiger partial charge is 0.507 e. The van der Waals surface area contributed by atoms with E-state index in [2.05, 4.69) is 10.2 Å². The number of esters is 1. The highest BCUT2D eigenvalue weighted by Gasteiger charge is 2.18. The summed E-state index contributed by atoms with van der Waals surface area (Å²) < 4.78 is 5.00. The van der Waals surface area contributed by atoms with Crippen molar-refractivity contribution in [2.75, 3.05) is 12.4 Å². The third-order valence-corrected chi connectivity index (χ3v) is 5.54. The lowest BCUT2D eigenvalue weighted by atomic mass is 10.0. The minimum atomic E-state index is -1.02. The molecule has 3 aromatic rings. The number of azo groups is 1. The van der Waals surface area contributed by atoms with Crippen molar-refractivity contribution < 1.29 is 24.5 Å². The van der Waals surface area contributed by atoms with Crippen LogP contribution in [0, 0.1) is 6.92 Å². The predicted octanol–water partition coefficient (Wildman–Crippen LogP) is 5.62. The number of thioether (sulfide) groups is 1. The van der Waals surface area contributed by atoms with Gasteiger partial charge in [-0.15, -0.1) is 16.9 Å². The maximum absolute atomic E-state index is 11.8. The van der Waals surface area contributed by atoms with Crippen molar-refractivity contribution in [2.45, 2.75) is 18.7 Å². The first-order valence-corrected chi connectivity index (χ1v) is 10.2. The van der Waals surface area contributed by atoms with E-state index >= 15 is 0 Å². The Morgan fingerprint density at radius 1 is 1.03 bits per heavy atom. The number of rotatable bonds is 7. The summed E-state index contributed by atoms with van der Waals surface area (Å²) in [6.07, 6.45) is 0. The first-order chi connectivity index (χ1) is 14.4. The van der Waals surface area contributed by atoms with Crippen molar-refractivity contribution in [3.8, 4) is 5.75 Å². The number of carboxylic acid groups (broad SMARTS) is 1. The molecule has 0 fully saturated rings. The van der Waals surface area contributed by atoms with Crippen LogP contribution in [0.15, 0.2) is 63.7 Å². The second-order valence-electron chi connectivity index (χ2n) is 6.34. The van der Waals surface area contributed by atoms with Gasteiger partial charge in [0.05, 0.1) is 23.6 Å². The van der Waals surface area contributed by atoms with Gasteiger partial charge >= 0.3 is 11.9 Å². The van der Waals surface area contributed by atoms with E-state index in [1.807, 2.05) is 18.2 Å². The molecule has 0 aliphatic rings. The van der Waals surface area contributed by atoms with Gasteiger partial charge in [0.2, 0.25) is 0 Å². The summed E-state index contributed by atoms with van der Waals surface area (Å²) in [5, 5.41) is 29.6. The highest BCUT2D eigenvalue weighted by atomic mass is 32.2. The topological polar surface area (TPSA) is 109 Å². The molecule has 0 saturated carbocycles. The summed E-state index contributed by atoms with van der Waals surface area (Å²) in [6.45, 7) is 3.79. The standard InChI is InChI=1S/C22H20N2O5S/c1-3-29-18(25)12-30-21-13(2)20(26)17-7-5-4-6-16(17)19(21)24-23-15-10-8-14(9-11-15)22(27)28/h4-11,26H,3,12H2,1-2H3,(H,27,28). The van der Waals surface area contributed by atoms with Gasteiger partial charge in [0.1, 0.15) is 11.4 Å². The number of aromatic hydroxyl groups is 1. The van der Waals surface area contributed by atoms with E-state index in [1.165, 1.54) is 23.9 Å². The third-order valence-electron chi connectivity index (χ3n) is 4.37. The predicted molar refractivity (Wildman–Crippen MR) is 115 cm³/mol. The van der Waals surface area contributed by atoms with Crippen molar-refractivity contribution >= 4 is 45.8 Å². The van der Waals surface area contributed by atoms with E-state index in [0.29, 0.717) is 39.2 Å². The van der Waals surface area contributed by atoms with E-state index in [0.717, 1.165) is 0 Å². The lowest BCUT2D eigenvalue weighted by molar-refractivity contribution is -0.139. The SMILES string of the molecule is CCOC(=O)CSc1c(C)c(O)c2ccccc2c1N=Nc1ccc(C(=O)O)cc1. The highest BCUT2D eigenvalue weighted by molar-refractivity contribution is 8.00. The summed E-state index contributed by atoms with van der Waals surface area (Å²) in [6, 6.07) is 13.3. The molecule has 154 valence electrons. The van der Waals surface area contributed by atoms with Crippen LogP contribution in [0.2, 0.25) is 0 Å². The number of carbonyl (C=O) groups excluding carboxylic acids is 1. The van der Waals surface area contributed by atoms with Crippen molar-refractivity contribution in [3.05, 3.63) is 59.7 Å². The number of phenols is 1.